The second kappa shape index (κ2) is 5.82. The molecule has 1 aromatic rings. The lowest BCUT2D eigenvalue weighted by Gasteiger charge is -2.32. The number of nitrogens with two attached hydrogens (primary N) is 1. The van der Waals surface area contributed by atoms with Gasteiger partial charge >= 0.3 is 0 Å². The van der Waals surface area contributed by atoms with Gasteiger partial charge in [-0.1, -0.05) is 13.8 Å². The fourth-order valence-corrected chi connectivity index (χ4v) is 2.10. The van der Waals surface area contributed by atoms with Crippen molar-refractivity contribution in [2.75, 3.05) is 11.9 Å². The number of hydrogen-bond acceptors (Lipinski definition) is 4. The fraction of sp³-hybridized carbons (Fsp3) is 0.538. The smallest absolute Gasteiger partial charge is 0.269 e. The average molecular weight is 251 g/mol. The van der Waals surface area contributed by atoms with Gasteiger partial charge in [0, 0.05) is 29.9 Å². The zero-order valence-corrected chi connectivity index (χ0v) is 11.1. The summed E-state index contributed by atoms with van der Waals surface area (Å²) in [5.74, 6) is 0.532. The molecular weight excluding hydrogens is 230 g/mol. The zero-order valence-electron chi connectivity index (χ0n) is 11.1. The standard InChI is InChI=1S/C13H21N3O2/c1-10(2)8-13(3,9-14)15-11-4-6-12(7-5-11)16(17)18/h4-7,10,15H,8-9,14H2,1-3H3. The third-order valence-corrected chi connectivity index (χ3v) is 2.83. The van der Waals surface area contributed by atoms with Gasteiger partial charge in [0.25, 0.3) is 5.69 Å². The van der Waals surface area contributed by atoms with Gasteiger partial charge in [0.1, 0.15) is 0 Å². The Balaban J connectivity index is 2.79. The van der Waals surface area contributed by atoms with E-state index in [9.17, 15) is 10.1 Å². The summed E-state index contributed by atoms with van der Waals surface area (Å²) >= 11 is 0. The van der Waals surface area contributed by atoms with E-state index in [1.165, 1.54) is 12.1 Å². The summed E-state index contributed by atoms with van der Waals surface area (Å²) in [6.07, 6.45) is 0.945. The Morgan fingerprint density at radius 3 is 2.33 bits per heavy atom. The Morgan fingerprint density at radius 1 is 1.39 bits per heavy atom. The highest BCUT2D eigenvalue weighted by atomic mass is 16.6. The monoisotopic (exact) mass is 251 g/mol. The molecule has 0 amide bonds. The summed E-state index contributed by atoms with van der Waals surface area (Å²) in [6.45, 7) is 6.87. The number of anilines is 1. The normalized spacial score (nSPS) is 14.3. The number of non-ortho nitro benzene ring substituents is 1. The third kappa shape index (κ3) is 4.00. The molecular formula is C13H21N3O2. The summed E-state index contributed by atoms with van der Waals surface area (Å²) in [5.41, 5.74) is 6.57. The number of hydrogen-bond donors (Lipinski definition) is 2. The first kappa shape index (κ1) is 14.4. The molecule has 0 spiro atoms. The Labute approximate surface area is 108 Å². The van der Waals surface area contributed by atoms with Crippen molar-refractivity contribution in [2.24, 2.45) is 11.7 Å². The summed E-state index contributed by atoms with van der Waals surface area (Å²) in [6, 6.07) is 6.42. The van der Waals surface area contributed by atoms with Gasteiger partial charge in [0.15, 0.2) is 0 Å². The minimum absolute atomic E-state index is 0.0962. The molecule has 1 atom stereocenters. The minimum Gasteiger partial charge on any atom is -0.379 e. The van der Waals surface area contributed by atoms with Crippen LogP contribution in [0.3, 0.4) is 0 Å². The van der Waals surface area contributed by atoms with Crippen molar-refractivity contribution >= 4 is 11.4 Å². The SMILES string of the molecule is CC(C)CC(C)(CN)Nc1ccc([N+](=O)[O-])cc1. The van der Waals surface area contributed by atoms with Crippen molar-refractivity contribution in [3.05, 3.63) is 34.4 Å². The van der Waals surface area contributed by atoms with Crippen LogP contribution in [0, 0.1) is 16.0 Å². The molecule has 3 N–H and O–H groups in total. The van der Waals surface area contributed by atoms with E-state index in [4.69, 9.17) is 5.73 Å². The van der Waals surface area contributed by atoms with Crippen LogP contribution in [0.4, 0.5) is 11.4 Å². The van der Waals surface area contributed by atoms with E-state index >= 15 is 0 Å². The van der Waals surface area contributed by atoms with Crippen molar-refractivity contribution in [1.29, 1.82) is 0 Å². The molecule has 1 rings (SSSR count). The average Bonchev–Trinajstić information content (AvgIpc) is 2.28. The second-order valence-electron chi connectivity index (χ2n) is 5.29. The molecule has 0 aliphatic carbocycles. The van der Waals surface area contributed by atoms with Crippen molar-refractivity contribution in [2.45, 2.75) is 32.7 Å². The molecule has 5 nitrogen and oxygen atoms in total. The van der Waals surface area contributed by atoms with Crippen molar-refractivity contribution in [3.8, 4) is 0 Å². The Morgan fingerprint density at radius 2 is 1.94 bits per heavy atom. The van der Waals surface area contributed by atoms with Gasteiger partial charge in [-0.15, -0.1) is 0 Å². The number of benzene rings is 1. The number of nitrogens with zero attached hydrogens (tertiary/aromatic N) is 1. The van der Waals surface area contributed by atoms with Crippen LogP contribution in [-0.4, -0.2) is 17.0 Å². The summed E-state index contributed by atoms with van der Waals surface area (Å²) in [4.78, 5) is 10.2. The number of nitro groups is 1. The van der Waals surface area contributed by atoms with Crippen LogP contribution in [0.15, 0.2) is 24.3 Å². The minimum atomic E-state index is -0.403. The predicted molar refractivity (Wildman–Crippen MR) is 73.6 cm³/mol. The van der Waals surface area contributed by atoms with E-state index in [1.54, 1.807) is 12.1 Å². The van der Waals surface area contributed by atoms with Crippen molar-refractivity contribution < 1.29 is 4.92 Å². The molecule has 0 aliphatic heterocycles. The molecule has 1 unspecified atom stereocenters. The summed E-state index contributed by atoms with van der Waals surface area (Å²) in [7, 11) is 0. The van der Waals surface area contributed by atoms with Crippen LogP contribution in [0.5, 0.6) is 0 Å². The van der Waals surface area contributed by atoms with Crippen molar-refractivity contribution in [1.82, 2.24) is 0 Å². The maximum absolute atomic E-state index is 10.6. The molecule has 100 valence electrons. The van der Waals surface area contributed by atoms with Crippen LogP contribution in [0.2, 0.25) is 0 Å². The molecule has 0 aromatic heterocycles. The molecule has 0 saturated heterocycles. The highest BCUT2D eigenvalue weighted by Gasteiger charge is 2.23. The van der Waals surface area contributed by atoms with Crippen molar-refractivity contribution in [3.63, 3.8) is 0 Å². The van der Waals surface area contributed by atoms with E-state index in [0.29, 0.717) is 12.5 Å². The van der Waals surface area contributed by atoms with Gasteiger partial charge in [0.2, 0.25) is 0 Å². The van der Waals surface area contributed by atoms with E-state index in [-0.39, 0.29) is 11.2 Å². The summed E-state index contributed by atoms with van der Waals surface area (Å²) in [5, 5.41) is 13.9. The predicted octanol–water partition coefficient (Wildman–Crippen LogP) is 2.77. The number of rotatable bonds is 6. The largest absolute Gasteiger partial charge is 0.379 e. The van der Waals surface area contributed by atoms with Gasteiger partial charge in [-0.25, -0.2) is 0 Å². The van der Waals surface area contributed by atoms with Crippen LogP contribution in [-0.2, 0) is 0 Å². The first-order chi connectivity index (χ1) is 8.36. The van der Waals surface area contributed by atoms with E-state index in [0.717, 1.165) is 12.1 Å². The van der Waals surface area contributed by atoms with Crippen LogP contribution >= 0.6 is 0 Å². The van der Waals surface area contributed by atoms with Gasteiger partial charge in [0.05, 0.1) is 4.92 Å². The molecule has 0 fully saturated rings. The van der Waals surface area contributed by atoms with Gasteiger partial charge < -0.3 is 11.1 Å². The Hall–Kier alpha value is -1.62. The maximum Gasteiger partial charge on any atom is 0.269 e. The highest BCUT2D eigenvalue weighted by Crippen LogP contribution is 2.23. The molecule has 1 aromatic carbocycles. The Bertz CT molecular complexity index is 403. The van der Waals surface area contributed by atoms with Gasteiger partial charge in [-0.2, -0.15) is 0 Å². The first-order valence-electron chi connectivity index (χ1n) is 6.09. The third-order valence-electron chi connectivity index (χ3n) is 2.83. The van der Waals surface area contributed by atoms with E-state index in [2.05, 4.69) is 26.1 Å². The fourth-order valence-electron chi connectivity index (χ4n) is 2.10. The van der Waals surface area contributed by atoms with Crippen LogP contribution in [0.1, 0.15) is 27.2 Å². The molecule has 0 radical (unpaired) electrons. The molecule has 0 heterocycles. The zero-order chi connectivity index (χ0) is 13.8. The molecule has 5 heteroatoms. The summed E-state index contributed by atoms with van der Waals surface area (Å²) < 4.78 is 0. The topological polar surface area (TPSA) is 81.2 Å². The molecule has 0 saturated carbocycles. The van der Waals surface area contributed by atoms with Crippen LogP contribution < -0.4 is 11.1 Å². The number of nitrogens with one attached hydrogen (secondary N) is 1. The number of nitro benzene ring substituents is 1. The maximum atomic E-state index is 10.6. The quantitative estimate of drug-likeness (QED) is 0.601. The van der Waals surface area contributed by atoms with Gasteiger partial charge in [-0.3, -0.25) is 10.1 Å². The van der Waals surface area contributed by atoms with E-state index in [1.807, 2.05) is 0 Å². The first-order valence-corrected chi connectivity index (χ1v) is 6.09. The lowest BCUT2D eigenvalue weighted by Crippen LogP contribution is -2.43. The van der Waals surface area contributed by atoms with E-state index < -0.39 is 4.92 Å². The molecule has 18 heavy (non-hydrogen) atoms. The van der Waals surface area contributed by atoms with Gasteiger partial charge in [-0.05, 0) is 31.4 Å². The Kier molecular flexibility index (Phi) is 4.67. The second-order valence-corrected chi connectivity index (χ2v) is 5.29. The lowest BCUT2D eigenvalue weighted by molar-refractivity contribution is -0.384. The highest BCUT2D eigenvalue weighted by molar-refractivity contribution is 5.50. The molecule has 0 bridgehead atoms. The molecule has 0 aliphatic rings. The lowest BCUT2D eigenvalue weighted by atomic mass is 9.90. The van der Waals surface area contributed by atoms with Crippen LogP contribution in [0.25, 0.3) is 0 Å².